The van der Waals surface area contributed by atoms with Gasteiger partial charge in [0, 0.05) is 17.6 Å². The summed E-state index contributed by atoms with van der Waals surface area (Å²) in [6, 6.07) is 2.09. The number of nitrogen functional groups attached to an aromatic ring is 1. The highest BCUT2D eigenvalue weighted by Gasteiger charge is 2.19. The SMILES string of the molecule is CCCCCC(C)NC(=O)c1sc2nccc(C)c2c1N. The Morgan fingerprint density at radius 1 is 1.48 bits per heavy atom. The normalized spacial score (nSPS) is 12.5. The Morgan fingerprint density at radius 2 is 2.24 bits per heavy atom. The quantitative estimate of drug-likeness (QED) is 0.796. The molecule has 4 nitrogen and oxygen atoms in total. The molecule has 3 N–H and O–H groups in total. The molecule has 0 aliphatic heterocycles. The summed E-state index contributed by atoms with van der Waals surface area (Å²) in [6.45, 7) is 6.21. The maximum atomic E-state index is 12.4. The number of nitrogens with one attached hydrogen (secondary N) is 1. The number of fused-ring (bicyclic) bond motifs is 1. The second-order valence-corrected chi connectivity index (χ2v) is 6.52. The molecule has 2 aromatic heterocycles. The van der Waals surface area contributed by atoms with Crippen LogP contribution in [0.1, 0.15) is 54.8 Å². The molecule has 0 aliphatic rings. The van der Waals surface area contributed by atoms with Crippen molar-refractivity contribution in [1.82, 2.24) is 10.3 Å². The lowest BCUT2D eigenvalue weighted by atomic mass is 10.1. The lowest BCUT2D eigenvalue weighted by Gasteiger charge is -2.13. The van der Waals surface area contributed by atoms with Gasteiger partial charge in [-0.2, -0.15) is 0 Å². The van der Waals surface area contributed by atoms with Crippen molar-refractivity contribution in [3.63, 3.8) is 0 Å². The first-order valence-corrected chi connectivity index (χ1v) is 8.30. The van der Waals surface area contributed by atoms with E-state index in [2.05, 4.69) is 17.2 Å². The summed E-state index contributed by atoms with van der Waals surface area (Å²) < 4.78 is 0. The third kappa shape index (κ3) is 3.53. The molecule has 2 rings (SSSR count). The van der Waals surface area contributed by atoms with Crippen molar-refractivity contribution in [1.29, 1.82) is 0 Å². The van der Waals surface area contributed by atoms with Crippen LogP contribution in [0.15, 0.2) is 12.3 Å². The number of pyridine rings is 1. The lowest BCUT2D eigenvalue weighted by molar-refractivity contribution is 0.0943. The maximum absolute atomic E-state index is 12.4. The largest absolute Gasteiger partial charge is 0.397 e. The van der Waals surface area contributed by atoms with E-state index in [4.69, 9.17) is 5.73 Å². The van der Waals surface area contributed by atoms with Gasteiger partial charge in [-0.3, -0.25) is 4.79 Å². The summed E-state index contributed by atoms with van der Waals surface area (Å²) in [5, 5.41) is 3.95. The van der Waals surface area contributed by atoms with E-state index in [0.29, 0.717) is 10.6 Å². The molecule has 114 valence electrons. The molecule has 0 aromatic carbocycles. The van der Waals surface area contributed by atoms with E-state index in [1.54, 1.807) is 6.20 Å². The van der Waals surface area contributed by atoms with Gasteiger partial charge >= 0.3 is 0 Å². The Bertz CT molecular complexity index is 636. The molecular weight excluding hydrogens is 282 g/mol. The van der Waals surface area contributed by atoms with Crippen LogP contribution in [0, 0.1) is 6.92 Å². The number of hydrogen-bond acceptors (Lipinski definition) is 4. The zero-order chi connectivity index (χ0) is 15.4. The molecule has 5 heteroatoms. The van der Waals surface area contributed by atoms with Crippen LogP contribution in [0.2, 0.25) is 0 Å². The number of carbonyl (C=O) groups is 1. The minimum atomic E-state index is -0.0844. The van der Waals surface area contributed by atoms with E-state index in [1.807, 2.05) is 19.9 Å². The highest BCUT2D eigenvalue weighted by atomic mass is 32.1. The molecule has 0 saturated carbocycles. The molecule has 0 bridgehead atoms. The third-order valence-electron chi connectivity index (χ3n) is 3.66. The maximum Gasteiger partial charge on any atom is 0.263 e. The van der Waals surface area contributed by atoms with Crippen molar-refractivity contribution in [2.24, 2.45) is 0 Å². The van der Waals surface area contributed by atoms with E-state index >= 15 is 0 Å². The van der Waals surface area contributed by atoms with Crippen LogP contribution >= 0.6 is 11.3 Å². The van der Waals surface area contributed by atoms with E-state index in [1.165, 1.54) is 24.2 Å². The van der Waals surface area contributed by atoms with Crippen LogP contribution in [0.4, 0.5) is 5.69 Å². The minimum Gasteiger partial charge on any atom is -0.397 e. The van der Waals surface area contributed by atoms with Crippen LogP contribution in [0.5, 0.6) is 0 Å². The number of nitrogens with two attached hydrogens (primary N) is 1. The van der Waals surface area contributed by atoms with E-state index in [9.17, 15) is 4.79 Å². The number of amides is 1. The van der Waals surface area contributed by atoms with Gasteiger partial charge < -0.3 is 11.1 Å². The fourth-order valence-electron chi connectivity index (χ4n) is 2.43. The van der Waals surface area contributed by atoms with Crippen LogP contribution < -0.4 is 11.1 Å². The van der Waals surface area contributed by atoms with Gasteiger partial charge in [-0.1, -0.05) is 26.2 Å². The summed E-state index contributed by atoms with van der Waals surface area (Å²) in [7, 11) is 0. The number of aryl methyl sites for hydroxylation is 1. The number of carbonyl (C=O) groups excluding carboxylic acids is 1. The molecule has 0 radical (unpaired) electrons. The van der Waals surface area contributed by atoms with Crippen molar-refractivity contribution in [2.75, 3.05) is 5.73 Å². The molecule has 21 heavy (non-hydrogen) atoms. The smallest absolute Gasteiger partial charge is 0.263 e. The molecular formula is C16H23N3OS. The number of nitrogens with zero attached hydrogens (tertiary/aromatic N) is 1. The Kier molecular flexibility index (Phi) is 5.17. The molecule has 1 atom stereocenters. The van der Waals surface area contributed by atoms with E-state index in [-0.39, 0.29) is 11.9 Å². The first-order valence-electron chi connectivity index (χ1n) is 7.49. The topological polar surface area (TPSA) is 68.0 Å². The molecule has 0 fully saturated rings. The summed E-state index contributed by atoms with van der Waals surface area (Å²) in [6.07, 6.45) is 6.29. The molecule has 2 aromatic rings. The first kappa shape index (κ1) is 15.8. The fraction of sp³-hybridized carbons (Fsp3) is 0.500. The standard InChI is InChI=1S/C16H23N3OS/c1-4-5-6-7-11(3)19-15(20)14-13(17)12-10(2)8-9-18-16(12)21-14/h8-9,11H,4-7,17H2,1-3H3,(H,19,20). The van der Waals surface area contributed by atoms with Gasteiger partial charge in [-0.15, -0.1) is 11.3 Å². The van der Waals surface area contributed by atoms with E-state index in [0.717, 1.165) is 28.6 Å². The van der Waals surface area contributed by atoms with Crippen molar-refractivity contribution >= 4 is 33.1 Å². The highest BCUT2D eigenvalue weighted by Crippen LogP contribution is 2.34. The zero-order valence-electron chi connectivity index (χ0n) is 12.9. The Morgan fingerprint density at radius 3 is 2.90 bits per heavy atom. The molecule has 0 spiro atoms. The average Bonchev–Trinajstić information content (AvgIpc) is 2.78. The number of aromatic nitrogens is 1. The summed E-state index contributed by atoms with van der Waals surface area (Å²) >= 11 is 1.37. The van der Waals surface area contributed by atoms with Gasteiger partial charge in [0.1, 0.15) is 9.71 Å². The monoisotopic (exact) mass is 305 g/mol. The summed E-state index contributed by atoms with van der Waals surface area (Å²) in [4.78, 5) is 18.1. The molecule has 0 saturated heterocycles. The van der Waals surface area contributed by atoms with E-state index < -0.39 is 0 Å². The Balaban J connectivity index is 2.13. The van der Waals surface area contributed by atoms with Crippen molar-refractivity contribution in [3.05, 3.63) is 22.7 Å². The summed E-state index contributed by atoms with van der Waals surface area (Å²) in [5.41, 5.74) is 7.76. The van der Waals surface area contributed by atoms with Gasteiger partial charge in [0.25, 0.3) is 5.91 Å². The predicted molar refractivity (Wildman–Crippen MR) is 89.8 cm³/mol. The zero-order valence-corrected chi connectivity index (χ0v) is 13.7. The molecule has 2 heterocycles. The molecule has 1 unspecified atom stereocenters. The summed E-state index contributed by atoms with van der Waals surface area (Å²) in [5.74, 6) is -0.0844. The number of hydrogen-bond donors (Lipinski definition) is 2. The van der Waals surface area contributed by atoms with Crippen LogP contribution in [-0.2, 0) is 0 Å². The highest BCUT2D eigenvalue weighted by molar-refractivity contribution is 7.21. The van der Waals surface area contributed by atoms with Gasteiger partial charge in [0.15, 0.2) is 0 Å². The number of thiophene rings is 1. The number of rotatable bonds is 6. The van der Waals surface area contributed by atoms with Gasteiger partial charge in [-0.25, -0.2) is 4.98 Å². The van der Waals surface area contributed by atoms with Crippen molar-refractivity contribution in [3.8, 4) is 0 Å². The Hall–Kier alpha value is -1.62. The van der Waals surface area contributed by atoms with Crippen LogP contribution in [0.3, 0.4) is 0 Å². The minimum absolute atomic E-state index is 0.0844. The lowest BCUT2D eigenvalue weighted by Crippen LogP contribution is -2.32. The van der Waals surface area contributed by atoms with Crippen molar-refractivity contribution in [2.45, 2.75) is 52.5 Å². The average molecular weight is 305 g/mol. The molecule has 1 amide bonds. The number of unbranched alkanes of at least 4 members (excludes halogenated alkanes) is 2. The van der Waals surface area contributed by atoms with Crippen LogP contribution in [-0.4, -0.2) is 16.9 Å². The second kappa shape index (κ2) is 6.89. The fourth-order valence-corrected chi connectivity index (χ4v) is 3.48. The second-order valence-electron chi connectivity index (χ2n) is 5.52. The third-order valence-corrected chi connectivity index (χ3v) is 4.77. The predicted octanol–water partition coefficient (Wildman–Crippen LogP) is 3.89. The van der Waals surface area contributed by atoms with Gasteiger partial charge in [-0.05, 0) is 31.9 Å². The number of anilines is 1. The first-order chi connectivity index (χ1) is 10.0. The Labute approximate surface area is 129 Å². The van der Waals surface area contributed by atoms with Gasteiger partial charge in [0.05, 0.1) is 5.69 Å². The van der Waals surface area contributed by atoms with Gasteiger partial charge in [0.2, 0.25) is 0 Å². The van der Waals surface area contributed by atoms with Crippen LogP contribution in [0.25, 0.3) is 10.2 Å². The molecule has 0 aliphatic carbocycles. The van der Waals surface area contributed by atoms with Crippen molar-refractivity contribution < 1.29 is 4.79 Å².